The maximum Gasteiger partial charge on any atom is 0.138 e. The normalized spacial score (nSPS) is 52.2. The molecule has 0 N–H and O–H groups in total. The summed E-state index contributed by atoms with van der Waals surface area (Å²) in [7, 11) is 1.83. The summed E-state index contributed by atoms with van der Waals surface area (Å²) in [5.41, 5.74) is 0.769. The number of hydrogen-bond donors (Lipinski definition) is 0. The monoisotopic (exact) mass is 346 g/mol. The standard InChI is InChI=1S/C23H38O2/c1-5-19(24)21-20(25-4)14-18-16-10-9-15-8-6-7-12-22(15,2)17(16)11-13-23(18,21)3/h15-18,20-21H,5-14H2,1-4H3/t15-,16-,17+,18-,20-,21-,22+,23-/m1/s1. The Morgan fingerprint density at radius 2 is 1.80 bits per heavy atom. The van der Waals surface area contributed by atoms with Gasteiger partial charge < -0.3 is 4.74 Å². The third-order valence-corrected chi connectivity index (χ3v) is 9.59. The van der Waals surface area contributed by atoms with Crippen molar-refractivity contribution in [1.82, 2.24) is 0 Å². The third-order valence-electron chi connectivity index (χ3n) is 9.59. The fourth-order valence-electron chi connectivity index (χ4n) is 8.31. The van der Waals surface area contributed by atoms with E-state index in [0.29, 0.717) is 23.5 Å². The minimum Gasteiger partial charge on any atom is -0.381 e. The number of fused-ring (bicyclic) bond motifs is 5. The van der Waals surface area contributed by atoms with Gasteiger partial charge >= 0.3 is 0 Å². The van der Waals surface area contributed by atoms with E-state index in [9.17, 15) is 4.79 Å². The molecule has 0 radical (unpaired) electrons. The molecule has 4 aliphatic rings. The van der Waals surface area contributed by atoms with Crippen LogP contribution in [0.2, 0.25) is 0 Å². The molecule has 4 fully saturated rings. The minimum absolute atomic E-state index is 0.144. The van der Waals surface area contributed by atoms with Crippen LogP contribution in [0.4, 0.5) is 0 Å². The Balaban J connectivity index is 1.65. The first-order valence-corrected chi connectivity index (χ1v) is 11.0. The largest absolute Gasteiger partial charge is 0.381 e. The summed E-state index contributed by atoms with van der Waals surface area (Å²) < 4.78 is 5.89. The number of rotatable bonds is 3. The first-order chi connectivity index (χ1) is 12.0. The van der Waals surface area contributed by atoms with E-state index in [-0.39, 0.29) is 17.4 Å². The summed E-state index contributed by atoms with van der Waals surface area (Å²) in [6, 6.07) is 0. The van der Waals surface area contributed by atoms with Crippen LogP contribution in [0.15, 0.2) is 0 Å². The van der Waals surface area contributed by atoms with Gasteiger partial charge in [0.15, 0.2) is 0 Å². The molecule has 2 heteroatoms. The molecule has 0 unspecified atom stereocenters. The van der Waals surface area contributed by atoms with Crippen molar-refractivity contribution >= 4 is 5.78 Å². The van der Waals surface area contributed by atoms with Gasteiger partial charge in [-0.15, -0.1) is 0 Å². The summed E-state index contributed by atoms with van der Waals surface area (Å²) >= 11 is 0. The van der Waals surface area contributed by atoms with E-state index in [1.807, 2.05) is 14.0 Å². The maximum absolute atomic E-state index is 12.8. The summed E-state index contributed by atoms with van der Waals surface area (Å²) in [6.45, 7) is 7.11. The zero-order chi connectivity index (χ0) is 17.8. The fraction of sp³-hybridized carbons (Fsp3) is 0.957. The predicted octanol–water partition coefficient (Wildman–Crippen LogP) is 5.64. The van der Waals surface area contributed by atoms with Crippen molar-refractivity contribution < 1.29 is 9.53 Å². The van der Waals surface area contributed by atoms with Crippen molar-refractivity contribution in [3.63, 3.8) is 0 Å². The molecule has 0 spiro atoms. The van der Waals surface area contributed by atoms with E-state index in [2.05, 4.69) is 13.8 Å². The molecule has 4 aliphatic carbocycles. The van der Waals surface area contributed by atoms with E-state index < -0.39 is 0 Å². The summed E-state index contributed by atoms with van der Waals surface area (Å²) in [5.74, 6) is 4.01. The molecule has 8 atom stereocenters. The van der Waals surface area contributed by atoms with Gasteiger partial charge in [0, 0.05) is 19.4 Å². The molecule has 0 saturated heterocycles. The zero-order valence-corrected chi connectivity index (χ0v) is 16.9. The number of carbonyl (C=O) groups is 1. The molecule has 2 nitrogen and oxygen atoms in total. The molecular weight excluding hydrogens is 308 g/mol. The van der Waals surface area contributed by atoms with E-state index >= 15 is 0 Å². The lowest BCUT2D eigenvalue weighted by molar-refractivity contribution is -0.138. The van der Waals surface area contributed by atoms with E-state index in [4.69, 9.17) is 4.74 Å². The van der Waals surface area contributed by atoms with Gasteiger partial charge in [-0.05, 0) is 79.4 Å². The molecule has 0 aromatic heterocycles. The van der Waals surface area contributed by atoms with Gasteiger partial charge in [0.05, 0.1) is 6.10 Å². The van der Waals surface area contributed by atoms with Crippen LogP contribution in [0, 0.1) is 40.4 Å². The molecule has 4 saturated carbocycles. The van der Waals surface area contributed by atoms with Crippen LogP contribution < -0.4 is 0 Å². The van der Waals surface area contributed by atoms with Gasteiger partial charge in [0.25, 0.3) is 0 Å². The Hall–Kier alpha value is -0.370. The highest BCUT2D eigenvalue weighted by molar-refractivity contribution is 5.82. The minimum atomic E-state index is 0.144. The predicted molar refractivity (Wildman–Crippen MR) is 101 cm³/mol. The molecule has 0 aliphatic heterocycles. The van der Waals surface area contributed by atoms with E-state index in [1.165, 1.54) is 51.4 Å². The Bertz CT molecular complexity index is 528. The van der Waals surface area contributed by atoms with E-state index in [1.54, 1.807) is 0 Å². The van der Waals surface area contributed by atoms with Crippen LogP contribution in [0.3, 0.4) is 0 Å². The zero-order valence-electron chi connectivity index (χ0n) is 16.9. The number of hydrogen-bond acceptors (Lipinski definition) is 2. The fourth-order valence-corrected chi connectivity index (χ4v) is 8.31. The van der Waals surface area contributed by atoms with Gasteiger partial charge in [-0.1, -0.05) is 33.6 Å². The highest BCUT2D eigenvalue weighted by Gasteiger charge is 2.63. The van der Waals surface area contributed by atoms with Gasteiger partial charge in [-0.2, -0.15) is 0 Å². The lowest BCUT2D eigenvalue weighted by Crippen LogP contribution is -2.53. The van der Waals surface area contributed by atoms with Crippen molar-refractivity contribution in [2.45, 2.75) is 91.1 Å². The Labute approximate surface area is 154 Å². The smallest absolute Gasteiger partial charge is 0.138 e. The second-order valence-electron chi connectivity index (χ2n) is 10.3. The lowest BCUT2D eigenvalue weighted by atomic mass is 9.45. The molecule has 25 heavy (non-hydrogen) atoms. The van der Waals surface area contributed by atoms with Crippen molar-refractivity contribution in [2.75, 3.05) is 7.11 Å². The van der Waals surface area contributed by atoms with E-state index in [0.717, 1.165) is 24.2 Å². The molecule has 0 aromatic rings. The molecule has 0 amide bonds. The third kappa shape index (κ3) is 2.49. The molecule has 0 heterocycles. The van der Waals surface area contributed by atoms with Gasteiger partial charge in [0.1, 0.15) is 5.78 Å². The van der Waals surface area contributed by atoms with Crippen molar-refractivity contribution in [1.29, 1.82) is 0 Å². The van der Waals surface area contributed by atoms with Crippen LogP contribution in [0.25, 0.3) is 0 Å². The lowest BCUT2D eigenvalue weighted by Gasteiger charge is -2.60. The van der Waals surface area contributed by atoms with Crippen LogP contribution in [0.1, 0.15) is 85.0 Å². The first kappa shape index (κ1) is 18.0. The number of carbonyl (C=O) groups excluding carboxylic acids is 1. The second kappa shape index (κ2) is 6.36. The number of ether oxygens (including phenoxy) is 1. The van der Waals surface area contributed by atoms with Crippen LogP contribution in [0.5, 0.6) is 0 Å². The van der Waals surface area contributed by atoms with Crippen LogP contribution in [-0.2, 0) is 9.53 Å². The number of Topliss-reactive ketones (excluding diaryl/α,β-unsaturated/α-hetero) is 1. The Morgan fingerprint density at radius 3 is 2.52 bits per heavy atom. The highest BCUT2D eigenvalue weighted by atomic mass is 16.5. The molecule has 142 valence electrons. The number of methoxy groups -OCH3 is 1. The molecule has 0 aromatic carbocycles. The maximum atomic E-state index is 12.8. The Morgan fingerprint density at radius 1 is 1.00 bits per heavy atom. The quantitative estimate of drug-likeness (QED) is 0.661. The van der Waals surface area contributed by atoms with Gasteiger partial charge in [0.2, 0.25) is 0 Å². The van der Waals surface area contributed by atoms with Crippen LogP contribution in [-0.4, -0.2) is 19.0 Å². The number of ketones is 1. The highest BCUT2D eigenvalue weighted by Crippen LogP contribution is 2.67. The summed E-state index contributed by atoms with van der Waals surface area (Å²) in [4.78, 5) is 12.8. The molecule has 0 bridgehead atoms. The SMILES string of the molecule is CCC(=O)[C@@H]1[C@H](OC)C[C@@H]2[C@@H]3CC[C@H]4CCCC[C@]4(C)[C@H]3CC[C@]21C. The van der Waals surface area contributed by atoms with Gasteiger partial charge in [-0.25, -0.2) is 0 Å². The molecular formula is C23H38O2. The average Bonchev–Trinajstić information content (AvgIpc) is 2.93. The van der Waals surface area contributed by atoms with Gasteiger partial charge in [-0.3, -0.25) is 4.79 Å². The molecule has 4 rings (SSSR count). The van der Waals surface area contributed by atoms with Crippen LogP contribution >= 0.6 is 0 Å². The van der Waals surface area contributed by atoms with Crippen molar-refractivity contribution in [2.24, 2.45) is 40.4 Å². The first-order valence-electron chi connectivity index (χ1n) is 11.0. The summed E-state index contributed by atoms with van der Waals surface area (Å²) in [5, 5.41) is 0. The Kier molecular flexibility index (Phi) is 4.58. The van der Waals surface area contributed by atoms with Crippen molar-refractivity contribution in [3.05, 3.63) is 0 Å². The average molecular weight is 347 g/mol. The van der Waals surface area contributed by atoms with Crippen molar-refractivity contribution in [3.8, 4) is 0 Å². The second-order valence-corrected chi connectivity index (χ2v) is 10.3. The topological polar surface area (TPSA) is 26.3 Å². The summed E-state index contributed by atoms with van der Waals surface area (Å²) in [6.07, 6.45) is 13.2.